The number of ether oxygens (including phenoxy) is 1. The first-order chi connectivity index (χ1) is 16.1. The molecule has 34 heavy (non-hydrogen) atoms. The average molecular weight is 488 g/mol. The number of thioether (sulfide) groups is 1. The molecule has 3 N–H and O–H groups in total. The van der Waals surface area contributed by atoms with Gasteiger partial charge in [-0.2, -0.15) is 5.10 Å². The summed E-state index contributed by atoms with van der Waals surface area (Å²) < 4.78 is 4.51. The van der Waals surface area contributed by atoms with Crippen LogP contribution < -0.4 is 10.6 Å². The maximum atomic E-state index is 13.3. The second kappa shape index (κ2) is 10.7. The van der Waals surface area contributed by atoms with E-state index in [4.69, 9.17) is 4.74 Å². The van der Waals surface area contributed by atoms with E-state index >= 15 is 0 Å². The number of anilines is 2. The highest BCUT2D eigenvalue weighted by molar-refractivity contribution is 8.01. The van der Waals surface area contributed by atoms with Crippen molar-refractivity contribution >= 4 is 35.0 Å². The Balaban J connectivity index is 1.62. The lowest BCUT2D eigenvalue weighted by atomic mass is 10.0. The lowest BCUT2D eigenvalue weighted by Crippen LogP contribution is -2.59. The number of aryl methyl sites for hydroxylation is 1. The van der Waals surface area contributed by atoms with E-state index in [1.165, 1.54) is 11.8 Å². The highest BCUT2D eigenvalue weighted by atomic mass is 32.2. The highest BCUT2D eigenvalue weighted by Gasteiger charge is 2.42. The Morgan fingerprint density at radius 1 is 1.24 bits per heavy atom. The zero-order valence-electron chi connectivity index (χ0n) is 21.1. The maximum absolute atomic E-state index is 13.3. The summed E-state index contributed by atoms with van der Waals surface area (Å²) in [5, 5.41) is 14.3. The number of fused-ring (bicyclic) bond motifs is 1. The molecule has 1 aliphatic heterocycles. The van der Waals surface area contributed by atoms with Crippen LogP contribution in [0.25, 0.3) is 0 Å². The van der Waals surface area contributed by atoms with Gasteiger partial charge in [0.25, 0.3) is 5.91 Å². The van der Waals surface area contributed by atoms with Crippen molar-refractivity contribution in [3.63, 3.8) is 0 Å². The molecule has 186 valence electrons. The first kappa shape index (κ1) is 25.9. The molecule has 0 radical (unpaired) electrons. The SMILES string of the molecule is CCCc1n[nH]c2c1NC(C)(CC)N(CCNc1ccc(SC(C)(C)C(=O)OCC)cc1)C2=O. The number of esters is 1. The molecule has 2 heterocycles. The van der Waals surface area contributed by atoms with Crippen molar-refractivity contribution in [2.45, 2.75) is 76.1 Å². The number of aromatic nitrogens is 2. The third kappa shape index (κ3) is 5.51. The van der Waals surface area contributed by atoms with Crippen LogP contribution in [0.4, 0.5) is 11.4 Å². The molecule has 1 unspecified atom stereocenters. The van der Waals surface area contributed by atoms with Crippen LogP contribution in [0.2, 0.25) is 0 Å². The van der Waals surface area contributed by atoms with Crippen LogP contribution in [-0.2, 0) is 16.0 Å². The third-order valence-electron chi connectivity index (χ3n) is 6.12. The maximum Gasteiger partial charge on any atom is 0.321 e. The van der Waals surface area contributed by atoms with Gasteiger partial charge in [-0.15, -0.1) is 11.8 Å². The monoisotopic (exact) mass is 487 g/mol. The Morgan fingerprint density at radius 2 is 1.94 bits per heavy atom. The molecule has 1 aromatic carbocycles. The van der Waals surface area contributed by atoms with E-state index in [-0.39, 0.29) is 11.9 Å². The van der Waals surface area contributed by atoms with E-state index in [1.54, 1.807) is 0 Å². The Kier molecular flexibility index (Phi) is 8.17. The fraction of sp³-hybridized carbons (Fsp3) is 0.560. The summed E-state index contributed by atoms with van der Waals surface area (Å²) in [6.07, 6.45) is 2.58. The minimum atomic E-state index is -0.653. The van der Waals surface area contributed by atoms with Crippen molar-refractivity contribution in [1.29, 1.82) is 0 Å². The van der Waals surface area contributed by atoms with Crippen LogP contribution in [-0.4, -0.2) is 57.1 Å². The van der Waals surface area contributed by atoms with Gasteiger partial charge in [-0.05, 0) is 64.8 Å². The van der Waals surface area contributed by atoms with Gasteiger partial charge < -0.3 is 20.3 Å². The predicted molar refractivity (Wildman–Crippen MR) is 137 cm³/mol. The molecule has 2 aromatic rings. The number of nitrogens with zero attached hydrogens (tertiary/aromatic N) is 2. The van der Waals surface area contributed by atoms with Gasteiger partial charge >= 0.3 is 5.97 Å². The number of benzene rings is 1. The second-order valence-corrected chi connectivity index (χ2v) is 10.9. The van der Waals surface area contributed by atoms with Crippen LogP contribution in [0, 0.1) is 0 Å². The fourth-order valence-electron chi connectivity index (χ4n) is 4.00. The lowest BCUT2D eigenvalue weighted by Gasteiger charge is -2.45. The number of nitrogens with one attached hydrogen (secondary N) is 3. The van der Waals surface area contributed by atoms with Crippen molar-refractivity contribution in [3.05, 3.63) is 35.7 Å². The van der Waals surface area contributed by atoms with Crippen LogP contribution in [0.15, 0.2) is 29.2 Å². The van der Waals surface area contributed by atoms with Gasteiger partial charge in [-0.25, -0.2) is 0 Å². The molecule has 0 bridgehead atoms. The molecule has 9 heteroatoms. The van der Waals surface area contributed by atoms with Gasteiger partial charge in [0.15, 0.2) is 0 Å². The molecule has 0 fully saturated rings. The van der Waals surface area contributed by atoms with E-state index in [2.05, 4.69) is 41.6 Å². The number of amides is 1. The second-order valence-electron chi connectivity index (χ2n) is 9.16. The smallest absolute Gasteiger partial charge is 0.321 e. The van der Waals surface area contributed by atoms with Gasteiger partial charge in [0.2, 0.25) is 0 Å². The van der Waals surface area contributed by atoms with Crippen molar-refractivity contribution in [3.8, 4) is 0 Å². The molecule has 0 saturated carbocycles. The van der Waals surface area contributed by atoms with Gasteiger partial charge in [0, 0.05) is 23.7 Å². The molecule has 0 spiro atoms. The van der Waals surface area contributed by atoms with E-state index in [0.717, 1.165) is 41.2 Å². The Hall–Kier alpha value is -2.68. The molecule has 0 saturated heterocycles. The van der Waals surface area contributed by atoms with Crippen LogP contribution >= 0.6 is 11.8 Å². The quantitative estimate of drug-likeness (QED) is 0.306. The van der Waals surface area contributed by atoms with Gasteiger partial charge in [0.1, 0.15) is 16.1 Å². The Labute approximate surface area is 206 Å². The average Bonchev–Trinajstić information content (AvgIpc) is 3.19. The molecule has 1 amide bonds. The van der Waals surface area contributed by atoms with Crippen LogP contribution in [0.5, 0.6) is 0 Å². The first-order valence-corrected chi connectivity index (χ1v) is 12.8. The number of carbonyl (C=O) groups excluding carboxylic acids is 2. The molecule has 3 rings (SSSR count). The highest BCUT2D eigenvalue weighted by Crippen LogP contribution is 2.35. The number of aromatic amines is 1. The molecule has 1 aromatic heterocycles. The standard InChI is InChI=1S/C25H37N5O3S/c1-7-10-19-20-21(29-28-19)22(31)30(25(6,8-2)27-20)16-15-26-17-11-13-18(14-12-17)34-24(4,5)23(32)33-9-3/h11-14,26-27H,7-10,15-16H2,1-6H3,(H,28,29). The Bertz CT molecular complexity index is 1000. The summed E-state index contributed by atoms with van der Waals surface area (Å²) in [7, 11) is 0. The van der Waals surface area contributed by atoms with Gasteiger partial charge in [0.05, 0.1) is 18.0 Å². The molecular formula is C25H37N5O3S. The van der Waals surface area contributed by atoms with Crippen LogP contribution in [0.1, 0.15) is 70.6 Å². The van der Waals surface area contributed by atoms with Crippen molar-refractivity contribution in [2.75, 3.05) is 30.3 Å². The Morgan fingerprint density at radius 3 is 2.56 bits per heavy atom. The number of rotatable bonds is 11. The predicted octanol–water partition coefficient (Wildman–Crippen LogP) is 4.90. The minimum Gasteiger partial charge on any atom is -0.465 e. The molecule has 1 aliphatic rings. The zero-order chi connectivity index (χ0) is 24.9. The van der Waals surface area contributed by atoms with Gasteiger partial charge in [-0.3, -0.25) is 14.7 Å². The molecule has 1 atom stereocenters. The fourth-order valence-corrected chi connectivity index (χ4v) is 5.01. The number of hydrogen-bond donors (Lipinski definition) is 3. The third-order valence-corrected chi connectivity index (χ3v) is 7.31. The number of H-pyrrole nitrogens is 1. The van der Waals surface area contributed by atoms with E-state index < -0.39 is 10.4 Å². The number of hydrogen-bond acceptors (Lipinski definition) is 7. The summed E-state index contributed by atoms with van der Waals surface area (Å²) in [6, 6.07) is 7.96. The largest absolute Gasteiger partial charge is 0.465 e. The summed E-state index contributed by atoms with van der Waals surface area (Å²) in [5.74, 6) is -0.245. The summed E-state index contributed by atoms with van der Waals surface area (Å²) in [5.41, 5.74) is 2.80. The zero-order valence-corrected chi connectivity index (χ0v) is 21.9. The lowest BCUT2D eigenvalue weighted by molar-refractivity contribution is -0.145. The summed E-state index contributed by atoms with van der Waals surface area (Å²) in [4.78, 5) is 28.3. The first-order valence-electron chi connectivity index (χ1n) is 12.0. The van der Waals surface area contributed by atoms with E-state index in [0.29, 0.717) is 25.4 Å². The van der Waals surface area contributed by atoms with Crippen molar-refractivity contribution < 1.29 is 14.3 Å². The van der Waals surface area contributed by atoms with Crippen molar-refractivity contribution in [2.24, 2.45) is 0 Å². The normalized spacial score (nSPS) is 17.8. The van der Waals surface area contributed by atoms with E-state index in [1.807, 2.05) is 49.9 Å². The topological polar surface area (TPSA) is 99.4 Å². The van der Waals surface area contributed by atoms with E-state index in [9.17, 15) is 9.59 Å². The summed E-state index contributed by atoms with van der Waals surface area (Å²) in [6.45, 7) is 13.3. The molecular weight excluding hydrogens is 450 g/mol. The number of carbonyl (C=O) groups is 2. The minimum absolute atomic E-state index is 0.0253. The summed E-state index contributed by atoms with van der Waals surface area (Å²) >= 11 is 1.48. The van der Waals surface area contributed by atoms with Crippen LogP contribution in [0.3, 0.4) is 0 Å². The van der Waals surface area contributed by atoms with Crippen molar-refractivity contribution in [1.82, 2.24) is 15.1 Å². The molecule has 8 nitrogen and oxygen atoms in total. The molecule has 0 aliphatic carbocycles. The van der Waals surface area contributed by atoms with Gasteiger partial charge in [-0.1, -0.05) is 20.3 Å².